The third-order valence-electron chi connectivity index (χ3n) is 5.73. The van der Waals surface area contributed by atoms with E-state index in [2.05, 4.69) is 22.4 Å². The minimum absolute atomic E-state index is 0.0895. The van der Waals surface area contributed by atoms with Crippen LogP contribution in [0.5, 0.6) is 5.75 Å². The number of esters is 1. The molecule has 1 amide bonds. The Kier molecular flexibility index (Phi) is 9.43. The van der Waals surface area contributed by atoms with E-state index in [9.17, 15) is 9.59 Å². The third-order valence-corrected chi connectivity index (χ3v) is 7.84. The summed E-state index contributed by atoms with van der Waals surface area (Å²) in [5.74, 6) is 0.722. The van der Waals surface area contributed by atoms with Gasteiger partial charge in [-0.2, -0.15) is 0 Å². The molecule has 0 bridgehead atoms. The Morgan fingerprint density at radius 1 is 1.08 bits per heavy atom. The average Bonchev–Trinajstić information content (AvgIpc) is 3.54. The van der Waals surface area contributed by atoms with E-state index in [0.29, 0.717) is 38.7 Å². The summed E-state index contributed by atoms with van der Waals surface area (Å²) in [6, 6.07) is 15.1. The van der Waals surface area contributed by atoms with Gasteiger partial charge in [-0.15, -0.1) is 21.5 Å². The van der Waals surface area contributed by atoms with Crippen molar-refractivity contribution in [3.05, 3.63) is 75.9 Å². The predicted molar refractivity (Wildman–Crippen MR) is 151 cm³/mol. The monoisotopic (exact) mass is 570 g/mol. The van der Waals surface area contributed by atoms with Crippen LogP contribution in [0.4, 0.5) is 5.00 Å². The molecule has 0 unspecified atom stereocenters. The quantitative estimate of drug-likeness (QED) is 0.166. The molecule has 0 aliphatic rings. The smallest absolute Gasteiger partial charge is 0.341 e. The highest BCUT2D eigenvalue weighted by Gasteiger charge is 2.23. The Morgan fingerprint density at radius 3 is 2.47 bits per heavy atom. The number of hydrogen-bond donors (Lipinski definition) is 1. The van der Waals surface area contributed by atoms with Crippen molar-refractivity contribution in [2.24, 2.45) is 0 Å². The summed E-state index contributed by atoms with van der Waals surface area (Å²) in [6.45, 7) is 4.99. The van der Waals surface area contributed by atoms with Crippen LogP contribution in [0.2, 0.25) is 5.02 Å². The van der Waals surface area contributed by atoms with E-state index < -0.39 is 5.97 Å². The molecule has 0 aliphatic carbocycles. The van der Waals surface area contributed by atoms with Crippen molar-refractivity contribution in [2.45, 2.75) is 38.6 Å². The van der Waals surface area contributed by atoms with E-state index in [0.717, 1.165) is 17.7 Å². The molecule has 1 N–H and O–H groups in total. The molecule has 0 saturated heterocycles. The lowest BCUT2D eigenvalue weighted by Gasteiger charge is -2.10. The number of aromatic nitrogens is 3. The Balaban J connectivity index is 1.41. The fourth-order valence-corrected chi connectivity index (χ4v) is 5.63. The standard InChI is InChI=1S/C27H27ClN4O4S2/c1-4-17-6-12-20(13-7-17)36-14-22-30-31-27(32(22)5-2)38-16-23(33)29-25-24(26(34)35-3)21(15-37-25)18-8-10-19(28)11-9-18/h6-13,15H,4-5,14,16H2,1-3H3,(H,29,33). The third kappa shape index (κ3) is 6.56. The van der Waals surface area contributed by atoms with Crippen molar-refractivity contribution in [2.75, 3.05) is 18.2 Å². The molecule has 0 fully saturated rings. The summed E-state index contributed by atoms with van der Waals surface area (Å²) in [4.78, 5) is 25.4. The number of ether oxygens (including phenoxy) is 2. The van der Waals surface area contributed by atoms with E-state index >= 15 is 0 Å². The molecule has 0 spiro atoms. The van der Waals surface area contributed by atoms with Crippen LogP contribution in [0.25, 0.3) is 11.1 Å². The summed E-state index contributed by atoms with van der Waals surface area (Å²) in [7, 11) is 1.31. The number of amides is 1. The van der Waals surface area contributed by atoms with Crippen LogP contribution in [-0.2, 0) is 29.1 Å². The molecule has 0 atom stereocenters. The SMILES string of the molecule is CCc1ccc(OCc2nnc(SCC(=O)Nc3scc(-c4ccc(Cl)cc4)c3C(=O)OC)n2CC)cc1. The second-order valence-corrected chi connectivity index (χ2v) is 10.4. The molecule has 0 saturated carbocycles. The van der Waals surface area contributed by atoms with Crippen LogP contribution in [0.3, 0.4) is 0 Å². The van der Waals surface area contributed by atoms with Crippen molar-refractivity contribution in [3.63, 3.8) is 0 Å². The van der Waals surface area contributed by atoms with Crippen molar-refractivity contribution in [3.8, 4) is 16.9 Å². The number of halogens is 1. The average molecular weight is 571 g/mol. The molecule has 4 rings (SSSR count). The number of carbonyl (C=O) groups is 2. The molecule has 2 aromatic heterocycles. The lowest BCUT2D eigenvalue weighted by molar-refractivity contribution is -0.113. The van der Waals surface area contributed by atoms with Gasteiger partial charge in [-0.05, 0) is 48.7 Å². The van der Waals surface area contributed by atoms with Crippen molar-refractivity contribution >= 4 is 51.6 Å². The highest BCUT2D eigenvalue weighted by molar-refractivity contribution is 7.99. The summed E-state index contributed by atoms with van der Waals surface area (Å²) in [5.41, 5.74) is 3.02. The molecule has 38 heavy (non-hydrogen) atoms. The fourth-order valence-electron chi connectivity index (χ4n) is 3.71. The second-order valence-electron chi connectivity index (χ2n) is 8.12. The maximum absolute atomic E-state index is 12.8. The maximum Gasteiger partial charge on any atom is 0.341 e. The first kappa shape index (κ1) is 27.7. The number of carbonyl (C=O) groups excluding carboxylic acids is 2. The van der Waals surface area contributed by atoms with Gasteiger partial charge >= 0.3 is 5.97 Å². The maximum atomic E-state index is 12.8. The van der Waals surface area contributed by atoms with Gasteiger partial charge in [0, 0.05) is 22.5 Å². The molecule has 11 heteroatoms. The number of anilines is 1. The van der Waals surface area contributed by atoms with Gasteiger partial charge in [0.25, 0.3) is 0 Å². The number of hydrogen-bond acceptors (Lipinski definition) is 8. The molecule has 0 radical (unpaired) electrons. The predicted octanol–water partition coefficient (Wildman–Crippen LogP) is 6.34. The van der Waals surface area contributed by atoms with Crippen molar-refractivity contribution in [1.29, 1.82) is 0 Å². The highest BCUT2D eigenvalue weighted by Crippen LogP contribution is 2.36. The lowest BCUT2D eigenvalue weighted by atomic mass is 10.0. The van der Waals surface area contributed by atoms with Crippen LogP contribution >= 0.6 is 34.7 Å². The number of nitrogens with zero attached hydrogens (tertiary/aromatic N) is 3. The number of aryl methyl sites for hydroxylation is 1. The molecular weight excluding hydrogens is 544 g/mol. The van der Waals surface area contributed by atoms with Gasteiger partial charge in [-0.25, -0.2) is 4.79 Å². The number of methoxy groups -OCH3 is 1. The number of rotatable bonds is 11. The Bertz CT molecular complexity index is 1400. The summed E-state index contributed by atoms with van der Waals surface area (Å²) in [5, 5.41) is 14.8. The van der Waals surface area contributed by atoms with Gasteiger partial charge in [0.2, 0.25) is 5.91 Å². The van der Waals surface area contributed by atoms with Crippen LogP contribution in [-0.4, -0.2) is 39.5 Å². The van der Waals surface area contributed by atoms with Crippen molar-refractivity contribution in [1.82, 2.24) is 14.8 Å². The lowest BCUT2D eigenvalue weighted by Crippen LogP contribution is -2.16. The molecule has 4 aromatic rings. The van der Waals surface area contributed by atoms with E-state index in [1.165, 1.54) is 35.8 Å². The molecule has 198 valence electrons. The number of benzene rings is 2. The summed E-state index contributed by atoms with van der Waals surface area (Å²) >= 11 is 8.53. The first-order chi connectivity index (χ1) is 18.4. The summed E-state index contributed by atoms with van der Waals surface area (Å²) in [6.07, 6.45) is 0.971. The van der Waals surface area contributed by atoms with E-state index in [-0.39, 0.29) is 18.3 Å². The van der Waals surface area contributed by atoms with E-state index in [1.807, 2.05) is 53.3 Å². The van der Waals surface area contributed by atoms with Gasteiger partial charge in [-0.1, -0.05) is 54.6 Å². The summed E-state index contributed by atoms with van der Waals surface area (Å²) < 4.78 is 12.8. The zero-order valence-electron chi connectivity index (χ0n) is 21.2. The second kappa shape index (κ2) is 12.9. The van der Waals surface area contributed by atoms with Gasteiger partial charge < -0.3 is 19.4 Å². The van der Waals surface area contributed by atoms with Gasteiger partial charge in [-0.3, -0.25) is 4.79 Å². The Morgan fingerprint density at radius 2 is 1.82 bits per heavy atom. The molecular formula is C27H27ClN4O4S2. The van der Waals surface area contributed by atoms with Crippen molar-refractivity contribution < 1.29 is 19.1 Å². The van der Waals surface area contributed by atoms with E-state index in [1.54, 1.807) is 12.1 Å². The van der Waals surface area contributed by atoms with E-state index in [4.69, 9.17) is 21.1 Å². The highest BCUT2D eigenvalue weighted by atomic mass is 35.5. The molecule has 2 aromatic carbocycles. The minimum Gasteiger partial charge on any atom is -0.486 e. The largest absolute Gasteiger partial charge is 0.486 e. The van der Waals surface area contributed by atoms with Gasteiger partial charge in [0.15, 0.2) is 11.0 Å². The normalized spacial score (nSPS) is 10.8. The van der Waals surface area contributed by atoms with Crippen LogP contribution < -0.4 is 10.1 Å². The van der Waals surface area contributed by atoms with Crippen LogP contribution in [0, 0.1) is 0 Å². The zero-order chi connectivity index (χ0) is 27.1. The van der Waals surface area contributed by atoms with Crippen LogP contribution in [0.1, 0.15) is 35.6 Å². The first-order valence-corrected chi connectivity index (χ1v) is 14.2. The van der Waals surface area contributed by atoms with Gasteiger partial charge in [0.1, 0.15) is 22.9 Å². The minimum atomic E-state index is -0.529. The fraction of sp³-hybridized carbons (Fsp3) is 0.259. The zero-order valence-corrected chi connectivity index (χ0v) is 23.6. The Labute approximate surface area is 234 Å². The topological polar surface area (TPSA) is 95.3 Å². The first-order valence-electron chi connectivity index (χ1n) is 12.0. The number of thiophene rings is 1. The molecule has 2 heterocycles. The molecule has 8 nitrogen and oxygen atoms in total. The Hall–Kier alpha value is -3.34. The van der Waals surface area contributed by atoms with Gasteiger partial charge in [0.05, 0.1) is 12.9 Å². The van der Waals surface area contributed by atoms with Crippen LogP contribution in [0.15, 0.2) is 59.1 Å². The number of thioether (sulfide) groups is 1. The molecule has 0 aliphatic heterocycles. The number of nitrogens with one attached hydrogen (secondary N) is 1.